The highest BCUT2D eigenvalue weighted by Crippen LogP contribution is 2.64. The number of rotatable bonds is 3. The molecule has 0 radical (unpaired) electrons. The van der Waals surface area contributed by atoms with Gasteiger partial charge in [-0.25, -0.2) is 0 Å². The second-order valence-electron chi connectivity index (χ2n) is 26.4. The van der Waals surface area contributed by atoms with E-state index in [4.69, 9.17) is 28.4 Å². The molecule has 0 saturated heterocycles. The lowest BCUT2D eigenvalue weighted by molar-refractivity contribution is 0.0110. The Bertz CT molecular complexity index is 3970. The maximum Gasteiger partial charge on any atom is 0.174 e. The standard InChI is InChI=1S/C72H67NO6/c1-67(2)43-22-16-18-24-55(43)74-59-45(67)28-32-49-63(59)78-65-51(69(49,5)6)34-30-47-61(65)76-57-36-26-41(38-53(57)71(47,9)10)73(40-20-14-13-15-21-40)42-27-37-58-54(39-42)72(11,12)48-31-35-52-66(62(48)77-58)79-64-50(70(52,7)8)33-29-46-60(64)75-56-25-19-17-23-44(56)68(46,3)4/h13-38,42,48,62H,39H2,1-12H3/t42?,48-,62?/m0/s1. The molecule has 0 bridgehead atoms. The molecule has 8 aliphatic rings. The van der Waals surface area contributed by atoms with Crippen LogP contribution in [-0.2, 0) is 31.8 Å². The van der Waals surface area contributed by atoms with Crippen LogP contribution >= 0.6 is 0 Å². The summed E-state index contributed by atoms with van der Waals surface area (Å²) in [5.74, 6) is 9.04. The molecule has 7 heteroatoms. The van der Waals surface area contributed by atoms with Crippen LogP contribution in [0.2, 0.25) is 0 Å². The number of allylic oxidation sites excluding steroid dienone is 3. The van der Waals surface area contributed by atoms with Crippen molar-refractivity contribution >= 4 is 11.4 Å². The fourth-order valence-corrected chi connectivity index (χ4v) is 15.0. The highest BCUT2D eigenvalue weighted by molar-refractivity contribution is 5.76. The topological polar surface area (TPSA) is 58.6 Å². The third-order valence-corrected chi connectivity index (χ3v) is 19.9. The first-order valence-corrected chi connectivity index (χ1v) is 28.3. The van der Waals surface area contributed by atoms with Gasteiger partial charge in [0.15, 0.2) is 40.6 Å². The Kier molecular flexibility index (Phi) is 9.71. The first-order chi connectivity index (χ1) is 37.7. The molecule has 7 nitrogen and oxygen atoms in total. The van der Waals surface area contributed by atoms with Crippen LogP contribution in [0.5, 0.6) is 51.7 Å². The summed E-state index contributed by atoms with van der Waals surface area (Å²) in [5.41, 5.74) is 12.7. The molecule has 0 N–H and O–H groups in total. The Labute approximate surface area is 464 Å². The van der Waals surface area contributed by atoms with Gasteiger partial charge in [0.05, 0.1) is 6.04 Å². The summed E-state index contributed by atoms with van der Waals surface area (Å²) in [6, 6.07) is 47.7. The van der Waals surface area contributed by atoms with Crippen LogP contribution in [0.3, 0.4) is 0 Å². The normalized spacial score (nSPS) is 23.0. The summed E-state index contributed by atoms with van der Waals surface area (Å²) in [6.07, 6.45) is 9.74. The van der Waals surface area contributed by atoms with Gasteiger partial charge in [0.1, 0.15) is 28.8 Å². The second kappa shape index (κ2) is 15.9. The summed E-state index contributed by atoms with van der Waals surface area (Å²) in [7, 11) is 0. The molecule has 0 fully saturated rings. The Hall–Kier alpha value is -7.90. The number of benzene rings is 7. The van der Waals surface area contributed by atoms with Crippen LogP contribution in [-0.4, -0.2) is 12.1 Å². The molecule has 0 saturated carbocycles. The Morgan fingerprint density at radius 2 is 0.848 bits per heavy atom. The number of ether oxygens (including phenoxy) is 6. The van der Waals surface area contributed by atoms with E-state index >= 15 is 0 Å². The molecule has 3 atom stereocenters. The van der Waals surface area contributed by atoms with Crippen LogP contribution in [0, 0.1) is 11.3 Å². The molecule has 0 spiro atoms. The van der Waals surface area contributed by atoms with Crippen LogP contribution < -0.4 is 28.6 Å². The lowest BCUT2D eigenvalue weighted by Crippen LogP contribution is -2.48. The maximum absolute atomic E-state index is 7.31. The first-order valence-electron chi connectivity index (χ1n) is 28.3. The number of anilines is 2. The van der Waals surface area contributed by atoms with Crippen molar-refractivity contribution in [3.05, 3.63) is 230 Å². The van der Waals surface area contributed by atoms with Crippen molar-refractivity contribution in [1.82, 2.24) is 0 Å². The molecule has 7 aromatic carbocycles. The third-order valence-electron chi connectivity index (χ3n) is 19.9. The largest absolute Gasteiger partial charge is 0.482 e. The summed E-state index contributed by atoms with van der Waals surface area (Å²) < 4.78 is 42.6. The minimum Gasteiger partial charge on any atom is -0.482 e. The molecule has 6 aliphatic heterocycles. The first kappa shape index (κ1) is 48.2. The van der Waals surface area contributed by atoms with Gasteiger partial charge in [0, 0.05) is 100 Å². The van der Waals surface area contributed by atoms with E-state index in [1.807, 2.05) is 12.1 Å². The number of para-hydroxylation sites is 3. The number of nitrogens with zero attached hydrogens (tertiary/aromatic N) is 1. The average Bonchev–Trinajstić information content (AvgIpc) is 3.39. The van der Waals surface area contributed by atoms with E-state index in [1.165, 1.54) is 16.7 Å². The molecule has 396 valence electrons. The van der Waals surface area contributed by atoms with Crippen molar-refractivity contribution in [1.29, 1.82) is 0 Å². The van der Waals surface area contributed by atoms with Crippen LogP contribution in [0.1, 0.15) is 140 Å². The van der Waals surface area contributed by atoms with Crippen molar-refractivity contribution < 1.29 is 28.4 Å². The molecule has 2 aliphatic carbocycles. The van der Waals surface area contributed by atoms with Crippen LogP contribution in [0.25, 0.3) is 0 Å². The van der Waals surface area contributed by atoms with Gasteiger partial charge in [-0.1, -0.05) is 192 Å². The van der Waals surface area contributed by atoms with Crippen molar-refractivity contribution in [2.75, 3.05) is 4.90 Å². The molecule has 2 unspecified atom stereocenters. The Morgan fingerprint density at radius 1 is 0.392 bits per heavy atom. The molecule has 0 amide bonds. The second-order valence-corrected chi connectivity index (χ2v) is 26.4. The lowest BCUT2D eigenvalue weighted by Gasteiger charge is -2.51. The van der Waals surface area contributed by atoms with Crippen LogP contribution in [0.15, 0.2) is 180 Å². The highest BCUT2D eigenvalue weighted by atomic mass is 16.6. The SMILES string of the molecule is CC1(C)C2=C(Oc3c1ccc1c3Oc3ccccc3C1(C)C)C1OC3=C(CC(N(c4ccccc4)c4ccc5c(c4)C(C)(C)c4ccc6c(c4O5)Oc4c(ccc5c4Oc4ccccc4C5(C)C)C6(C)C)C=C3)C(C)(C)[C@H]1C=C2. The van der Waals surface area contributed by atoms with E-state index in [9.17, 15) is 0 Å². The maximum atomic E-state index is 7.31. The van der Waals surface area contributed by atoms with Gasteiger partial charge in [-0.05, 0) is 65.9 Å². The van der Waals surface area contributed by atoms with Crippen molar-refractivity contribution in [2.45, 2.75) is 129 Å². The zero-order valence-electron chi connectivity index (χ0n) is 47.3. The number of hydrogen-bond acceptors (Lipinski definition) is 7. The highest BCUT2D eigenvalue weighted by Gasteiger charge is 2.54. The predicted octanol–water partition coefficient (Wildman–Crippen LogP) is 18.4. The summed E-state index contributed by atoms with van der Waals surface area (Å²) in [6.45, 7) is 27.7. The molecule has 79 heavy (non-hydrogen) atoms. The van der Waals surface area contributed by atoms with E-state index in [2.05, 4.69) is 234 Å². The van der Waals surface area contributed by atoms with Gasteiger partial charge in [0.25, 0.3) is 0 Å². The zero-order chi connectivity index (χ0) is 54.5. The van der Waals surface area contributed by atoms with Gasteiger partial charge in [-0.3, -0.25) is 0 Å². The van der Waals surface area contributed by atoms with E-state index in [1.54, 1.807) is 0 Å². The molecular weight excluding hydrogens is 975 g/mol. The van der Waals surface area contributed by atoms with Crippen molar-refractivity contribution in [2.24, 2.45) is 11.3 Å². The average molecular weight is 1040 g/mol. The van der Waals surface area contributed by atoms with Crippen molar-refractivity contribution in [3.63, 3.8) is 0 Å². The number of fused-ring (bicyclic) bond motifs is 14. The van der Waals surface area contributed by atoms with Crippen molar-refractivity contribution in [3.8, 4) is 51.7 Å². The van der Waals surface area contributed by atoms with Gasteiger partial charge >= 0.3 is 0 Å². The van der Waals surface area contributed by atoms with Gasteiger partial charge < -0.3 is 33.3 Å². The molecule has 15 rings (SSSR count). The minimum absolute atomic E-state index is 0.0136. The predicted molar refractivity (Wildman–Crippen MR) is 313 cm³/mol. The minimum atomic E-state index is -0.451. The van der Waals surface area contributed by atoms with Crippen LogP contribution in [0.4, 0.5) is 11.4 Å². The fourth-order valence-electron chi connectivity index (χ4n) is 15.0. The van der Waals surface area contributed by atoms with Gasteiger partial charge in [-0.2, -0.15) is 0 Å². The lowest BCUT2D eigenvalue weighted by atomic mass is 9.62. The molecule has 0 aromatic heterocycles. The summed E-state index contributed by atoms with van der Waals surface area (Å²) in [5, 5.41) is 0. The molecule has 7 aromatic rings. The van der Waals surface area contributed by atoms with E-state index in [0.717, 1.165) is 126 Å². The van der Waals surface area contributed by atoms with Gasteiger partial charge in [0.2, 0.25) is 0 Å². The number of hydrogen-bond donors (Lipinski definition) is 0. The third kappa shape index (κ3) is 6.47. The van der Waals surface area contributed by atoms with E-state index in [0.29, 0.717) is 0 Å². The van der Waals surface area contributed by atoms with E-state index in [-0.39, 0.29) is 39.7 Å². The molecule has 6 heterocycles. The van der Waals surface area contributed by atoms with Gasteiger partial charge in [-0.15, -0.1) is 0 Å². The Balaban J connectivity index is 0.760. The quantitative estimate of drug-likeness (QED) is 0.175. The zero-order valence-corrected chi connectivity index (χ0v) is 47.3. The smallest absolute Gasteiger partial charge is 0.174 e. The monoisotopic (exact) mass is 1040 g/mol. The Morgan fingerprint density at radius 3 is 1.41 bits per heavy atom. The molecular formula is C72H67NO6. The fraction of sp³-hybridized carbons (Fsp3) is 0.306. The van der Waals surface area contributed by atoms with E-state index < -0.39 is 10.8 Å². The summed E-state index contributed by atoms with van der Waals surface area (Å²) in [4.78, 5) is 2.50. The summed E-state index contributed by atoms with van der Waals surface area (Å²) >= 11 is 0.